The molecule has 0 aromatic carbocycles. The molecule has 0 aliphatic heterocycles. The van der Waals surface area contributed by atoms with Crippen LogP contribution in [0.3, 0.4) is 0 Å². The van der Waals surface area contributed by atoms with E-state index in [1.807, 2.05) is 0 Å². The molecule has 0 bridgehead atoms. The van der Waals surface area contributed by atoms with E-state index in [9.17, 15) is 9.59 Å². The molecule has 0 fully saturated rings. The molecule has 0 aliphatic carbocycles. The third-order valence-corrected chi connectivity index (χ3v) is 5.16. The zero-order valence-corrected chi connectivity index (χ0v) is 25.1. The predicted octanol–water partition coefficient (Wildman–Crippen LogP) is 0.240. The molecule has 49 heavy (non-hydrogen) atoms. The van der Waals surface area contributed by atoms with Crippen LogP contribution in [-0.2, 0) is 0 Å². The normalized spacial score (nSPS) is 9.55. The maximum absolute atomic E-state index is 11.0. The first-order valence-corrected chi connectivity index (χ1v) is 13.6. The van der Waals surface area contributed by atoms with Crippen molar-refractivity contribution in [3.8, 4) is 0 Å². The van der Waals surface area contributed by atoms with Crippen LogP contribution in [0.1, 0.15) is 0 Å². The zero-order chi connectivity index (χ0) is 34.5. The molecule has 9 aromatic rings. The van der Waals surface area contributed by atoms with Crippen LogP contribution in [0.25, 0.3) is 33.5 Å². The molecule has 22 heteroatoms. The van der Waals surface area contributed by atoms with E-state index in [1.54, 1.807) is 62.0 Å². The molecule has 0 atom stereocenters. The van der Waals surface area contributed by atoms with Gasteiger partial charge in [-0.2, -0.15) is 9.97 Å². The van der Waals surface area contributed by atoms with Crippen LogP contribution in [0.5, 0.6) is 0 Å². The Bertz CT molecular complexity index is 2130. The van der Waals surface area contributed by atoms with Gasteiger partial charge in [0.05, 0.1) is 31.4 Å². The van der Waals surface area contributed by atoms with Crippen molar-refractivity contribution >= 4 is 45.3 Å². The van der Waals surface area contributed by atoms with Crippen molar-refractivity contribution in [2.24, 2.45) is 0 Å². The van der Waals surface area contributed by atoms with Crippen LogP contribution in [0, 0.1) is 0 Å². The van der Waals surface area contributed by atoms with Gasteiger partial charge >= 0.3 is 5.69 Å². The molecule has 9 rings (SSSR count). The van der Waals surface area contributed by atoms with Gasteiger partial charge in [-0.05, 0) is 18.2 Å². The zero-order valence-electron chi connectivity index (χ0n) is 25.1. The fraction of sp³-hybridized carbons (Fsp3) is 0. The fourth-order valence-corrected chi connectivity index (χ4v) is 3.13. The molecule has 0 spiro atoms. The van der Waals surface area contributed by atoms with Gasteiger partial charge in [-0.1, -0.05) is 0 Å². The quantitative estimate of drug-likeness (QED) is 0.114. The highest BCUT2D eigenvalue weighted by molar-refractivity contribution is 5.69. The Balaban J connectivity index is 0.000000134. The summed E-state index contributed by atoms with van der Waals surface area (Å²) in [4.78, 5) is 83.1. The summed E-state index contributed by atoms with van der Waals surface area (Å²) in [6.45, 7) is 0. The largest absolute Gasteiger partial charge is 0.383 e. The first-order chi connectivity index (χ1) is 24.0. The summed E-state index contributed by atoms with van der Waals surface area (Å²) in [6, 6.07) is 5.07. The molecule has 0 radical (unpaired) electrons. The second kappa shape index (κ2) is 18.8. The number of imidazole rings is 3. The van der Waals surface area contributed by atoms with Crippen molar-refractivity contribution < 1.29 is 0 Å². The van der Waals surface area contributed by atoms with Crippen LogP contribution < -0.4 is 22.7 Å². The molecule has 0 aliphatic rings. The maximum atomic E-state index is 11.0. The Morgan fingerprint density at radius 3 is 1.51 bits per heavy atom. The topological polar surface area (TPSA) is 333 Å². The van der Waals surface area contributed by atoms with E-state index in [1.165, 1.54) is 43.9 Å². The summed E-state index contributed by atoms with van der Waals surface area (Å²) in [5, 5.41) is 0. The number of nitrogens with zero attached hydrogens (tertiary/aromatic N) is 13. The van der Waals surface area contributed by atoms with E-state index in [2.05, 4.69) is 89.7 Å². The van der Waals surface area contributed by atoms with Crippen LogP contribution in [-0.4, -0.2) is 89.7 Å². The van der Waals surface area contributed by atoms with E-state index in [4.69, 9.17) is 11.5 Å². The van der Waals surface area contributed by atoms with Crippen molar-refractivity contribution in [3.63, 3.8) is 0 Å². The summed E-state index contributed by atoms with van der Waals surface area (Å²) in [6.07, 6.45) is 22.1. The summed E-state index contributed by atoms with van der Waals surface area (Å²) in [7, 11) is 0. The molecular weight excluding hydrogens is 636 g/mol. The number of rotatable bonds is 0. The van der Waals surface area contributed by atoms with Crippen molar-refractivity contribution in [1.82, 2.24) is 89.7 Å². The highest BCUT2D eigenvalue weighted by Crippen LogP contribution is 2.00. The van der Waals surface area contributed by atoms with Crippen molar-refractivity contribution in [3.05, 3.63) is 127 Å². The van der Waals surface area contributed by atoms with E-state index in [0.717, 1.165) is 11.0 Å². The standard InChI is InChI=1S/C5H5N5O.2C5H4N4.C4H5N3O.2C4H4N2/c6-5-9-3-2(4(11)10-5)7-1-8-3;2*1-4-5(8-2-6-1)9-3-7-4;5-3-1-2-6-4(8)7-3;2*1-2-5-4-6-3-1/h1H,(H4,6,7,8,9,10,11);2*1-3H,(H,6,7,8,9);1-2H,(H3,5,6,7,8);2*1-4H. The number of aromatic amines is 5. The van der Waals surface area contributed by atoms with Gasteiger partial charge in [0.1, 0.15) is 42.2 Å². The summed E-state index contributed by atoms with van der Waals surface area (Å²) >= 11 is 0. The third-order valence-electron chi connectivity index (χ3n) is 5.16. The summed E-state index contributed by atoms with van der Waals surface area (Å²) in [5.74, 6) is 0.323. The van der Waals surface area contributed by atoms with Crippen molar-refractivity contribution in [2.75, 3.05) is 11.5 Å². The lowest BCUT2D eigenvalue weighted by Gasteiger charge is -1.89. The van der Waals surface area contributed by atoms with Gasteiger partial charge in [0.2, 0.25) is 5.95 Å². The number of fused-ring (bicyclic) bond motifs is 3. The molecule has 0 saturated heterocycles. The van der Waals surface area contributed by atoms with Gasteiger partial charge < -0.3 is 31.4 Å². The number of H-pyrrole nitrogens is 5. The van der Waals surface area contributed by atoms with E-state index >= 15 is 0 Å². The summed E-state index contributed by atoms with van der Waals surface area (Å²) < 4.78 is 0. The molecule has 0 amide bonds. The third kappa shape index (κ3) is 11.8. The number of nitrogens with one attached hydrogen (secondary N) is 5. The molecule has 9 aromatic heterocycles. The minimum absolute atomic E-state index is 0.0783. The number of hydrogen-bond donors (Lipinski definition) is 7. The maximum Gasteiger partial charge on any atom is 0.346 e. The lowest BCUT2D eigenvalue weighted by Crippen LogP contribution is -2.10. The van der Waals surface area contributed by atoms with Crippen LogP contribution >= 0.6 is 0 Å². The van der Waals surface area contributed by atoms with Gasteiger partial charge in [0.25, 0.3) is 5.56 Å². The molecule has 22 nitrogen and oxygen atoms in total. The first-order valence-electron chi connectivity index (χ1n) is 13.6. The van der Waals surface area contributed by atoms with Crippen LogP contribution in [0.4, 0.5) is 11.8 Å². The number of aromatic nitrogens is 18. The monoisotopic (exact) mass is 662 g/mol. The van der Waals surface area contributed by atoms with E-state index in [-0.39, 0.29) is 17.3 Å². The SMILES string of the molecule is Nc1cc[nH]c(=O)n1.Nc1nc2nc[nH]c2c(=O)[nH]1.c1cncnc1.c1cncnc1.c1ncc2[nH]cnc2n1.c1ncc2[nH]cnc2n1. The van der Waals surface area contributed by atoms with Gasteiger partial charge in [-0.3, -0.25) is 9.78 Å². The van der Waals surface area contributed by atoms with Crippen molar-refractivity contribution in [1.29, 1.82) is 0 Å². The fourth-order valence-electron chi connectivity index (χ4n) is 3.13. The average molecular weight is 663 g/mol. The predicted molar refractivity (Wildman–Crippen MR) is 176 cm³/mol. The Hall–Kier alpha value is -7.91. The van der Waals surface area contributed by atoms with E-state index in [0.29, 0.717) is 22.5 Å². The summed E-state index contributed by atoms with van der Waals surface area (Å²) in [5.41, 5.74) is 13.5. The molecule has 246 valence electrons. The van der Waals surface area contributed by atoms with Crippen LogP contribution in [0.15, 0.2) is 115 Å². The minimum Gasteiger partial charge on any atom is -0.383 e. The smallest absolute Gasteiger partial charge is 0.346 e. The average Bonchev–Trinajstić information content (AvgIpc) is 3.93. The number of anilines is 2. The van der Waals surface area contributed by atoms with Crippen LogP contribution in [0.2, 0.25) is 0 Å². The lowest BCUT2D eigenvalue weighted by molar-refractivity contribution is 1.08. The minimum atomic E-state index is -0.412. The number of nitrogen functional groups attached to an aromatic ring is 2. The second-order valence-corrected chi connectivity index (χ2v) is 8.51. The van der Waals surface area contributed by atoms with Gasteiger partial charge in [0.15, 0.2) is 22.5 Å². The molecule has 0 unspecified atom stereocenters. The number of hydrogen-bond acceptors (Lipinski definition) is 17. The molecular formula is C27H26N20O2. The Labute approximate surface area is 273 Å². The second-order valence-electron chi connectivity index (χ2n) is 8.51. The Kier molecular flexibility index (Phi) is 13.0. The highest BCUT2D eigenvalue weighted by atomic mass is 16.1. The van der Waals surface area contributed by atoms with Crippen molar-refractivity contribution in [2.45, 2.75) is 0 Å². The Morgan fingerprint density at radius 2 is 1.08 bits per heavy atom. The first kappa shape index (κ1) is 34.0. The molecule has 9 heterocycles. The molecule has 9 N–H and O–H groups in total. The van der Waals surface area contributed by atoms with Gasteiger partial charge in [-0.25, -0.2) is 59.6 Å². The number of nitrogens with two attached hydrogens (primary N) is 2. The van der Waals surface area contributed by atoms with E-state index < -0.39 is 5.69 Å². The Morgan fingerprint density at radius 1 is 0.551 bits per heavy atom. The molecule has 0 saturated carbocycles. The van der Waals surface area contributed by atoms with Gasteiger partial charge in [0, 0.05) is 31.0 Å². The van der Waals surface area contributed by atoms with Gasteiger partial charge in [-0.15, -0.1) is 0 Å². The highest BCUT2D eigenvalue weighted by Gasteiger charge is 2.01. The lowest BCUT2D eigenvalue weighted by atomic mass is 10.5.